The Morgan fingerprint density at radius 2 is 2.28 bits per heavy atom. The van der Waals surface area contributed by atoms with Crippen LogP contribution in [-0.4, -0.2) is 37.1 Å². The van der Waals surface area contributed by atoms with Gasteiger partial charge in [0.25, 0.3) is 0 Å². The number of ether oxygens (including phenoxy) is 2. The van der Waals surface area contributed by atoms with Crippen molar-refractivity contribution in [3.05, 3.63) is 35.4 Å². The van der Waals surface area contributed by atoms with E-state index in [0.717, 1.165) is 11.1 Å². The number of benzene rings is 1. The molecule has 0 aliphatic carbocycles. The Labute approximate surface area is 106 Å². The lowest BCUT2D eigenvalue weighted by Gasteiger charge is -2.27. The minimum absolute atomic E-state index is 0.166. The van der Waals surface area contributed by atoms with Crippen molar-refractivity contribution in [1.82, 2.24) is 5.32 Å². The van der Waals surface area contributed by atoms with Gasteiger partial charge < -0.3 is 19.9 Å². The van der Waals surface area contributed by atoms with Crippen LogP contribution in [0.1, 0.15) is 17.2 Å². The third kappa shape index (κ3) is 3.00. The minimum Gasteiger partial charge on any atom is -0.441 e. The van der Waals surface area contributed by atoms with Crippen LogP contribution in [0.2, 0.25) is 0 Å². The van der Waals surface area contributed by atoms with E-state index in [9.17, 15) is 9.90 Å². The molecule has 0 spiro atoms. The quantitative estimate of drug-likeness (QED) is 0.842. The van der Waals surface area contributed by atoms with Crippen LogP contribution in [0.15, 0.2) is 24.3 Å². The van der Waals surface area contributed by atoms with Crippen LogP contribution in [0.3, 0.4) is 0 Å². The first kappa shape index (κ1) is 12.9. The van der Waals surface area contributed by atoms with Gasteiger partial charge in [-0.05, 0) is 18.1 Å². The summed E-state index contributed by atoms with van der Waals surface area (Å²) in [5.41, 5.74) is 1.91. The van der Waals surface area contributed by atoms with Crippen molar-refractivity contribution < 1.29 is 19.4 Å². The summed E-state index contributed by atoms with van der Waals surface area (Å²) in [6.07, 6.45) is -0.688. The lowest BCUT2D eigenvalue weighted by Crippen LogP contribution is -2.42. The summed E-state index contributed by atoms with van der Waals surface area (Å²) in [6, 6.07) is 7.16. The standard InChI is InChI=1S/C13H17NO4/c1-9-4-2-3-5-11(9)12(6-15)14-13(16)18-10-7-17-8-10/h2-5,10,12,15H,6-8H2,1H3,(H,14,16). The van der Waals surface area contributed by atoms with Crippen molar-refractivity contribution in [1.29, 1.82) is 0 Å². The van der Waals surface area contributed by atoms with Crippen LogP contribution >= 0.6 is 0 Å². The van der Waals surface area contributed by atoms with Crippen molar-refractivity contribution in [2.24, 2.45) is 0 Å². The van der Waals surface area contributed by atoms with Gasteiger partial charge in [-0.2, -0.15) is 0 Å². The van der Waals surface area contributed by atoms with Crippen molar-refractivity contribution in [2.45, 2.75) is 19.1 Å². The number of amides is 1. The largest absolute Gasteiger partial charge is 0.441 e. The third-order valence-electron chi connectivity index (χ3n) is 2.92. The Balaban J connectivity index is 1.96. The van der Waals surface area contributed by atoms with Gasteiger partial charge in [0.2, 0.25) is 0 Å². The molecule has 1 aromatic rings. The Bertz CT molecular complexity index is 417. The predicted molar refractivity (Wildman–Crippen MR) is 65.2 cm³/mol. The van der Waals surface area contributed by atoms with Crippen molar-refractivity contribution in [2.75, 3.05) is 19.8 Å². The Morgan fingerprint density at radius 1 is 1.56 bits per heavy atom. The molecule has 1 atom stereocenters. The number of rotatable bonds is 4. The van der Waals surface area contributed by atoms with Gasteiger partial charge in [0.1, 0.15) is 0 Å². The zero-order valence-corrected chi connectivity index (χ0v) is 10.3. The second-order valence-electron chi connectivity index (χ2n) is 4.30. The first-order valence-corrected chi connectivity index (χ1v) is 5.92. The number of alkyl carbamates (subject to hydrolysis) is 1. The van der Waals surface area contributed by atoms with Crippen molar-refractivity contribution in [3.63, 3.8) is 0 Å². The summed E-state index contributed by atoms with van der Waals surface area (Å²) >= 11 is 0. The van der Waals surface area contributed by atoms with Gasteiger partial charge in [0.15, 0.2) is 6.10 Å². The topological polar surface area (TPSA) is 67.8 Å². The van der Waals surface area contributed by atoms with Crippen LogP contribution < -0.4 is 5.32 Å². The fourth-order valence-corrected chi connectivity index (χ4v) is 1.81. The average molecular weight is 251 g/mol. The number of carbonyl (C=O) groups is 1. The van der Waals surface area contributed by atoms with Gasteiger partial charge in [-0.25, -0.2) is 4.79 Å². The van der Waals surface area contributed by atoms with E-state index in [2.05, 4.69) is 5.32 Å². The SMILES string of the molecule is Cc1ccccc1C(CO)NC(=O)OC1COC1. The molecule has 1 aliphatic heterocycles. The van der Waals surface area contributed by atoms with Crippen molar-refractivity contribution in [3.8, 4) is 0 Å². The molecule has 98 valence electrons. The van der Waals surface area contributed by atoms with E-state index in [1.165, 1.54) is 0 Å². The molecule has 1 aliphatic rings. The first-order valence-electron chi connectivity index (χ1n) is 5.92. The van der Waals surface area contributed by atoms with Crippen LogP contribution in [0.25, 0.3) is 0 Å². The summed E-state index contributed by atoms with van der Waals surface area (Å²) in [5.74, 6) is 0. The van der Waals surface area contributed by atoms with Crippen LogP contribution in [-0.2, 0) is 9.47 Å². The molecule has 1 unspecified atom stereocenters. The highest BCUT2D eigenvalue weighted by Gasteiger charge is 2.24. The van der Waals surface area contributed by atoms with Gasteiger partial charge in [0.05, 0.1) is 25.9 Å². The van der Waals surface area contributed by atoms with Gasteiger partial charge in [0, 0.05) is 0 Å². The van der Waals surface area contributed by atoms with Gasteiger partial charge >= 0.3 is 6.09 Å². The number of aryl methyl sites for hydroxylation is 1. The maximum atomic E-state index is 11.6. The summed E-state index contributed by atoms with van der Waals surface area (Å²) in [4.78, 5) is 11.6. The third-order valence-corrected chi connectivity index (χ3v) is 2.92. The van der Waals surface area contributed by atoms with Crippen LogP contribution in [0.4, 0.5) is 4.79 Å². The molecule has 18 heavy (non-hydrogen) atoms. The number of hydrogen-bond acceptors (Lipinski definition) is 4. The van der Waals surface area contributed by atoms with E-state index >= 15 is 0 Å². The van der Waals surface area contributed by atoms with Crippen molar-refractivity contribution >= 4 is 6.09 Å². The number of hydrogen-bond donors (Lipinski definition) is 2. The fourth-order valence-electron chi connectivity index (χ4n) is 1.81. The highest BCUT2D eigenvalue weighted by molar-refractivity contribution is 5.68. The average Bonchev–Trinajstić information content (AvgIpc) is 2.32. The molecule has 5 heteroatoms. The lowest BCUT2D eigenvalue weighted by molar-refractivity contribution is -0.0986. The van der Waals surface area contributed by atoms with E-state index in [-0.39, 0.29) is 12.7 Å². The highest BCUT2D eigenvalue weighted by atomic mass is 16.6. The maximum Gasteiger partial charge on any atom is 0.408 e. The number of aliphatic hydroxyl groups excluding tert-OH is 1. The number of carbonyl (C=O) groups excluding carboxylic acids is 1. The summed E-state index contributed by atoms with van der Waals surface area (Å²) < 4.78 is 10.0. The molecule has 1 amide bonds. The van der Waals surface area contributed by atoms with Gasteiger partial charge in [-0.1, -0.05) is 24.3 Å². The monoisotopic (exact) mass is 251 g/mol. The zero-order chi connectivity index (χ0) is 13.0. The van der Waals surface area contributed by atoms with E-state index in [0.29, 0.717) is 13.2 Å². The molecule has 0 saturated carbocycles. The van der Waals surface area contributed by atoms with Gasteiger partial charge in [-0.3, -0.25) is 0 Å². The smallest absolute Gasteiger partial charge is 0.408 e. The molecule has 1 saturated heterocycles. The molecule has 1 aromatic carbocycles. The predicted octanol–water partition coefficient (Wildman–Crippen LogP) is 1.15. The second kappa shape index (κ2) is 5.84. The molecule has 2 rings (SSSR count). The molecule has 5 nitrogen and oxygen atoms in total. The highest BCUT2D eigenvalue weighted by Crippen LogP contribution is 2.17. The number of nitrogens with one attached hydrogen (secondary N) is 1. The maximum absolute atomic E-state index is 11.6. The molecular weight excluding hydrogens is 234 g/mol. The Morgan fingerprint density at radius 3 is 2.83 bits per heavy atom. The Kier molecular flexibility index (Phi) is 4.17. The molecule has 0 bridgehead atoms. The molecule has 0 radical (unpaired) electrons. The lowest BCUT2D eigenvalue weighted by atomic mass is 10.0. The molecule has 1 fully saturated rings. The van der Waals surface area contributed by atoms with Crippen LogP contribution in [0.5, 0.6) is 0 Å². The second-order valence-corrected chi connectivity index (χ2v) is 4.30. The molecule has 2 N–H and O–H groups in total. The summed E-state index contributed by atoms with van der Waals surface area (Å²) in [6.45, 7) is 2.66. The fraction of sp³-hybridized carbons (Fsp3) is 0.462. The molecular formula is C13H17NO4. The first-order chi connectivity index (χ1) is 8.70. The molecule has 1 heterocycles. The van der Waals surface area contributed by atoms with E-state index in [4.69, 9.17) is 9.47 Å². The molecule has 0 aromatic heterocycles. The van der Waals surface area contributed by atoms with Crippen LogP contribution in [0, 0.1) is 6.92 Å². The summed E-state index contributed by atoms with van der Waals surface area (Å²) in [5, 5.41) is 12.0. The normalized spacial score (nSPS) is 16.8. The Hall–Kier alpha value is -1.59. The zero-order valence-electron chi connectivity index (χ0n) is 10.3. The number of aliphatic hydroxyl groups is 1. The van der Waals surface area contributed by atoms with E-state index < -0.39 is 12.1 Å². The van der Waals surface area contributed by atoms with E-state index in [1.54, 1.807) is 0 Å². The minimum atomic E-state index is -0.523. The summed E-state index contributed by atoms with van der Waals surface area (Å²) in [7, 11) is 0. The van der Waals surface area contributed by atoms with Gasteiger partial charge in [-0.15, -0.1) is 0 Å². The van der Waals surface area contributed by atoms with E-state index in [1.807, 2.05) is 31.2 Å².